The molecular weight excluding hydrogens is 351 g/mol. The highest BCUT2D eigenvalue weighted by molar-refractivity contribution is 5.84. The van der Waals surface area contributed by atoms with E-state index in [4.69, 9.17) is 4.74 Å². The van der Waals surface area contributed by atoms with Crippen LogP contribution in [0.5, 0.6) is 11.5 Å². The van der Waals surface area contributed by atoms with E-state index in [-0.39, 0.29) is 18.0 Å². The van der Waals surface area contributed by atoms with E-state index >= 15 is 0 Å². The summed E-state index contributed by atoms with van der Waals surface area (Å²) in [5.74, 6) is -0.318. The Morgan fingerprint density at radius 2 is 2.04 bits per heavy atom. The molecule has 0 aliphatic carbocycles. The van der Waals surface area contributed by atoms with Gasteiger partial charge in [0.15, 0.2) is 11.5 Å². The lowest BCUT2D eigenvalue weighted by atomic mass is 10.2. The molecule has 2 aromatic rings. The van der Waals surface area contributed by atoms with Gasteiger partial charge in [0.05, 0.1) is 25.4 Å². The number of benzene rings is 2. The summed E-state index contributed by atoms with van der Waals surface area (Å²) < 4.78 is 42.8. The van der Waals surface area contributed by atoms with Gasteiger partial charge in [0.1, 0.15) is 0 Å². The number of ether oxygens (including phenoxy) is 1. The van der Waals surface area contributed by atoms with Crippen molar-refractivity contribution in [1.29, 1.82) is 0 Å². The van der Waals surface area contributed by atoms with Crippen molar-refractivity contribution in [3.8, 4) is 11.5 Å². The molecule has 1 amide bonds. The minimum atomic E-state index is -4.45. The number of hydrazone groups is 1. The van der Waals surface area contributed by atoms with Gasteiger partial charge in [-0.25, -0.2) is 5.43 Å². The van der Waals surface area contributed by atoms with Crippen LogP contribution < -0.4 is 15.5 Å². The number of alkyl halides is 3. The number of hydrogen-bond donors (Lipinski definition) is 3. The number of amides is 1. The molecule has 2 rings (SSSR count). The largest absolute Gasteiger partial charge is 0.504 e. The minimum absolute atomic E-state index is 0.0750. The average Bonchev–Trinajstić information content (AvgIpc) is 2.60. The average molecular weight is 367 g/mol. The van der Waals surface area contributed by atoms with E-state index in [9.17, 15) is 23.1 Å². The van der Waals surface area contributed by atoms with E-state index < -0.39 is 17.6 Å². The summed E-state index contributed by atoms with van der Waals surface area (Å²) in [4.78, 5) is 11.7. The van der Waals surface area contributed by atoms with Gasteiger partial charge >= 0.3 is 6.18 Å². The number of phenols is 1. The van der Waals surface area contributed by atoms with Gasteiger partial charge in [-0.1, -0.05) is 6.07 Å². The molecule has 0 spiro atoms. The molecule has 9 heteroatoms. The second-order valence-electron chi connectivity index (χ2n) is 5.16. The number of rotatable bonds is 6. The fourth-order valence-corrected chi connectivity index (χ4v) is 1.99. The van der Waals surface area contributed by atoms with Gasteiger partial charge in [-0.15, -0.1) is 0 Å². The van der Waals surface area contributed by atoms with Crippen molar-refractivity contribution in [3.05, 3.63) is 53.6 Å². The summed E-state index contributed by atoms with van der Waals surface area (Å²) in [5, 5.41) is 15.9. The molecule has 0 heterocycles. The maximum Gasteiger partial charge on any atom is 0.416 e. The molecule has 0 radical (unpaired) electrons. The van der Waals surface area contributed by atoms with Crippen molar-refractivity contribution >= 4 is 17.8 Å². The standard InChI is InChI=1S/C17H16F3N3O3/c1-26-15-6-5-11(7-14(15)24)9-22-23-16(25)10-21-13-4-2-3-12(8-13)17(18,19)20/h2-9,21,24H,10H2,1H3,(H,23,25)/b22-9-. The van der Waals surface area contributed by atoms with E-state index in [2.05, 4.69) is 15.8 Å². The van der Waals surface area contributed by atoms with E-state index in [0.717, 1.165) is 12.1 Å². The first-order valence-electron chi connectivity index (χ1n) is 7.39. The van der Waals surface area contributed by atoms with Crippen LogP contribution >= 0.6 is 0 Å². The topological polar surface area (TPSA) is 83.0 Å². The van der Waals surface area contributed by atoms with Crippen molar-refractivity contribution < 1.29 is 27.8 Å². The predicted octanol–water partition coefficient (Wildman–Crippen LogP) is 2.98. The number of nitrogens with one attached hydrogen (secondary N) is 2. The van der Waals surface area contributed by atoms with Gasteiger partial charge < -0.3 is 15.2 Å². The summed E-state index contributed by atoms with van der Waals surface area (Å²) in [6, 6.07) is 9.08. The lowest BCUT2D eigenvalue weighted by Crippen LogP contribution is -2.26. The van der Waals surface area contributed by atoms with Crippen LogP contribution in [0.25, 0.3) is 0 Å². The fourth-order valence-electron chi connectivity index (χ4n) is 1.99. The van der Waals surface area contributed by atoms with Crippen LogP contribution in [-0.2, 0) is 11.0 Å². The normalized spacial score (nSPS) is 11.4. The molecule has 138 valence electrons. The maximum atomic E-state index is 12.6. The second-order valence-corrected chi connectivity index (χ2v) is 5.16. The zero-order chi connectivity index (χ0) is 19.2. The van der Waals surface area contributed by atoms with Crippen LogP contribution in [-0.4, -0.2) is 30.9 Å². The summed E-state index contributed by atoms with van der Waals surface area (Å²) in [5.41, 5.74) is 2.11. The number of carbonyl (C=O) groups excluding carboxylic acids is 1. The maximum absolute atomic E-state index is 12.6. The highest BCUT2D eigenvalue weighted by Gasteiger charge is 2.30. The molecule has 0 aliphatic heterocycles. The van der Waals surface area contributed by atoms with Crippen LogP contribution in [0, 0.1) is 0 Å². The second kappa shape index (κ2) is 8.24. The number of hydrogen-bond acceptors (Lipinski definition) is 5. The Morgan fingerprint density at radius 1 is 1.27 bits per heavy atom. The Morgan fingerprint density at radius 3 is 2.69 bits per heavy atom. The molecule has 0 aliphatic rings. The molecular formula is C17H16F3N3O3. The molecule has 6 nitrogen and oxygen atoms in total. The Balaban J connectivity index is 1.87. The van der Waals surface area contributed by atoms with Crippen LogP contribution in [0.3, 0.4) is 0 Å². The van der Waals surface area contributed by atoms with Gasteiger partial charge in [-0.05, 0) is 42.0 Å². The third-order valence-corrected chi connectivity index (χ3v) is 3.25. The molecule has 26 heavy (non-hydrogen) atoms. The summed E-state index contributed by atoms with van der Waals surface area (Å²) in [7, 11) is 1.42. The lowest BCUT2D eigenvalue weighted by Gasteiger charge is -2.10. The summed E-state index contributed by atoms with van der Waals surface area (Å²) >= 11 is 0. The van der Waals surface area contributed by atoms with E-state index in [1.165, 1.54) is 37.6 Å². The van der Waals surface area contributed by atoms with Crippen molar-refractivity contribution in [1.82, 2.24) is 5.43 Å². The highest BCUT2D eigenvalue weighted by atomic mass is 19.4. The zero-order valence-corrected chi connectivity index (χ0v) is 13.7. The molecule has 0 saturated heterocycles. The number of carbonyl (C=O) groups is 1. The monoisotopic (exact) mass is 367 g/mol. The Kier molecular flexibility index (Phi) is 6.05. The molecule has 0 saturated carbocycles. The minimum Gasteiger partial charge on any atom is -0.504 e. The number of phenolic OH excluding ortho intramolecular Hbond substituents is 1. The highest BCUT2D eigenvalue weighted by Crippen LogP contribution is 2.30. The molecule has 0 aromatic heterocycles. The first-order chi connectivity index (χ1) is 12.3. The Bertz CT molecular complexity index is 807. The summed E-state index contributed by atoms with van der Waals surface area (Å²) in [6.07, 6.45) is -3.14. The first-order valence-corrected chi connectivity index (χ1v) is 7.39. The van der Waals surface area contributed by atoms with E-state index in [1.807, 2.05) is 0 Å². The number of nitrogens with zero attached hydrogens (tertiary/aromatic N) is 1. The van der Waals surface area contributed by atoms with Crippen molar-refractivity contribution in [2.45, 2.75) is 6.18 Å². The van der Waals surface area contributed by atoms with Crippen LogP contribution in [0.1, 0.15) is 11.1 Å². The third-order valence-electron chi connectivity index (χ3n) is 3.25. The molecule has 0 atom stereocenters. The van der Waals surface area contributed by atoms with Crippen LogP contribution in [0.15, 0.2) is 47.6 Å². The number of halogens is 3. The first kappa shape index (κ1) is 19.1. The Hall–Kier alpha value is -3.23. The third kappa shape index (κ3) is 5.40. The van der Waals surface area contributed by atoms with Gasteiger partial charge in [0.25, 0.3) is 5.91 Å². The number of methoxy groups -OCH3 is 1. The van der Waals surface area contributed by atoms with Crippen LogP contribution in [0.2, 0.25) is 0 Å². The fraction of sp³-hybridized carbons (Fsp3) is 0.176. The number of aromatic hydroxyl groups is 1. The quantitative estimate of drug-likeness (QED) is 0.542. The van der Waals surface area contributed by atoms with Crippen molar-refractivity contribution in [2.75, 3.05) is 19.0 Å². The predicted molar refractivity (Wildman–Crippen MR) is 90.3 cm³/mol. The van der Waals surface area contributed by atoms with Gasteiger partial charge in [0, 0.05) is 5.69 Å². The van der Waals surface area contributed by atoms with Gasteiger partial charge in [-0.3, -0.25) is 4.79 Å². The molecule has 3 N–H and O–H groups in total. The zero-order valence-electron chi connectivity index (χ0n) is 13.7. The molecule has 2 aromatic carbocycles. The van der Waals surface area contributed by atoms with E-state index in [0.29, 0.717) is 11.3 Å². The summed E-state index contributed by atoms with van der Waals surface area (Å²) in [6.45, 7) is -0.257. The molecule has 0 bridgehead atoms. The molecule has 0 fully saturated rings. The van der Waals surface area contributed by atoms with Gasteiger partial charge in [-0.2, -0.15) is 18.3 Å². The van der Waals surface area contributed by atoms with Crippen molar-refractivity contribution in [2.24, 2.45) is 5.10 Å². The van der Waals surface area contributed by atoms with Crippen LogP contribution in [0.4, 0.5) is 18.9 Å². The lowest BCUT2D eigenvalue weighted by molar-refractivity contribution is -0.137. The SMILES string of the molecule is COc1ccc(/C=N\NC(=O)CNc2cccc(C(F)(F)F)c2)cc1O. The number of anilines is 1. The van der Waals surface area contributed by atoms with E-state index in [1.54, 1.807) is 6.07 Å². The molecule has 0 unspecified atom stereocenters. The van der Waals surface area contributed by atoms with Gasteiger partial charge in [0.2, 0.25) is 0 Å². The van der Waals surface area contributed by atoms with Crippen molar-refractivity contribution in [3.63, 3.8) is 0 Å². The Labute approximate surface area is 147 Å². The smallest absolute Gasteiger partial charge is 0.416 e.